The summed E-state index contributed by atoms with van der Waals surface area (Å²) in [4.78, 5) is 35.7. The van der Waals surface area contributed by atoms with Crippen LogP contribution in [0.4, 0.5) is 5.69 Å². The van der Waals surface area contributed by atoms with Crippen LogP contribution in [0, 0.1) is 5.41 Å². The lowest BCUT2D eigenvalue weighted by molar-refractivity contribution is -0.142. The number of hydrogen-bond acceptors (Lipinski definition) is 3. The average Bonchev–Trinajstić information content (AvgIpc) is 2.66. The molecule has 0 saturated carbocycles. The van der Waals surface area contributed by atoms with Gasteiger partial charge in [-0.05, 0) is 49.2 Å². The number of aliphatic carboxylic acids is 1. The van der Waals surface area contributed by atoms with Crippen LogP contribution in [0.5, 0.6) is 0 Å². The fourth-order valence-electron chi connectivity index (χ4n) is 2.52. The lowest BCUT2D eigenvalue weighted by Crippen LogP contribution is -2.34. The summed E-state index contributed by atoms with van der Waals surface area (Å²) in [5.74, 6) is -1.21. The van der Waals surface area contributed by atoms with Crippen LogP contribution >= 0.6 is 0 Å². The third-order valence-corrected chi connectivity index (χ3v) is 4.75. The second-order valence-corrected chi connectivity index (χ2v) is 8.59. The Labute approximate surface area is 171 Å². The van der Waals surface area contributed by atoms with Crippen molar-refractivity contribution in [3.8, 4) is 0 Å². The van der Waals surface area contributed by atoms with Crippen molar-refractivity contribution in [2.24, 2.45) is 5.41 Å². The maximum Gasteiger partial charge on any atom is 0.313 e. The van der Waals surface area contributed by atoms with Crippen LogP contribution in [-0.2, 0) is 21.5 Å². The number of hydrogen-bond donors (Lipinski definition) is 3. The van der Waals surface area contributed by atoms with E-state index in [0.717, 1.165) is 5.56 Å². The SMILES string of the molecule is CC(C)(C)C(=O)NCc1ccc(C(=O)Nc2ccc(C(C)(C)C(=O)O)cc2)cc1. The topological polar surface area (TPSA) is 95.5 Å². The number of anilines is 1. The molecule has 0 aromatic heterocycles. The Morgan fingerprint density at radius 3 is 1.90 bits per heavy atom. The van der Waals surface area contributed by atoms with Gasteiger partial charge >= 0.3 is 5.97 Å². The third kappa shape index (κ3) is 5.67. The normalized spacial score (nSPS) is 11.6. The van der Waals surface area contributed by atoms with Crippen LogP contribution in [0.2, 0.25) is 0 Å². The predicted octanol–water partition coefficient (Wildman–Crippen LogP) is 3.96. The molecular formula is C23H28N2O4. The summed E-state index contributed by atoms with van der Waals surface area (Å²) < 4.78 is 0. The summed E-state index contributed by atoms with van der Waals surface area (Å²) in [5.41, 5.74) is 1.19. The van der Waals surface area contributed by atoms with Crippen LogP contribution in [0.1, 0.15) is 56.1 Å². The zero-order valence-electron chi connectivity index (χ0n) is 17.5. The highest BCUT2D eigenvalue weighted by atomic mass is 16.4. The number of carbonyl (C=O) groups excluding carboxylic acids is 2. The van der Waals surface area contributed by atoms with Gasteiger partial charge in [-0.15, -0.1) is 0 Å². The Balaban J connectivity index is 1.99. The molecule has 2 aromatic carbocycles. The van der Waals surface area contributed by atoms with E-state index in [4.69, 9.17) is 0 Å². The third-order valence-electron chi connectivity index (χ3n) is 4.75. The van der Waals surface area contributed by atoms with Gasteiger partial charge in [0.15, 0.2) is 0 Å². The van der Waals surface area contributed by atoms with Crippen molar-refractivity contribution in [3.63, 3.8) is 0 Å². The van der Waals surface area contributed by atoms with E-state index in [1.165, 1.54) is 0 Å². The molecule has 2 rings (SSSR count). The van der Waals surface area contributed by atoms with E-state index in [1.807, 2.05) is 20.8 Å². The molecule has 0 aliphatic carbocycles. The van der Waals surface area contributed by atoms with E-state index in [0.29, 0.717) is 23.4 Å². The van der Waals surface area contributed by atoms with Crippen LogP contribution in [0.3, 0.4) is 0 Å². The number of rotatable bonds is 6. The molecule has 0 saturated heterocycles. The molecule has 0 bridgehead atoms. The first-order valence-electron chi connectivity index (χ1n) is 9.44. The Morgan fingerprint density at radius 2 is 1.41 bits per heavy atom. The number of benzene rings is 2. The van der Waals surface area contributed by atoms with E-state index in [2.05, 4.69) is 10.6 Å². The minimum atomic E-state index is -0.999. The van der Waals surface area contributed by atoms with Gasteiger partial charge in [-0.3, -0.25) is 14.4 Å². The smallest absolute Gasteiger partial charge is 0.313 e. The number of carbonyl (C=O) groups is 3. The van der Waals surface area contributed by atoms with Crippen LogP contribution < -0.4 is 10.6 Å². The molecule has 0 atom stereocenters. The quantitative estimate of drug-likeness (QED) is 0.689. The number of amides is 2. The highest BCUT2D eigenvalue weighted by Gasteiger charge is 2.29. The fourth-order valence-corrected chi connectivity index (χ4v) is 2.52. The van der Waals surface area contributed by atoms with Crippen LogP contribution in [0.15, 0.2) is 48.5 Å². The molecule has 0 aliphatic rings. The molecular weight excluding hydrogens is 368 g/mol. The fraction of sp³-hybridized carbons (Fsp3) is 0.348. The van der Waals surface area contributed by atoms with Crippen molar-refractivity contribution < 1.29 is 19.5 Å². The van der Waals surface area contributed by atoms with Crippen molar-refractivity contribution in [2.45, 2.75) is 46.6 Å². The summed E-state index contributed by atoms with van der Waals surface area (Å²) >= 11 is 0. The number of nitrogens with one attached hydrogen (secondary N) is 2. The highest BCUT2D eigenvalue weighted by molar-refractivity contribution is 6.04. The molecule has 6 heteroatoms. The lowest BCUT2D eigenvalue weighted by atomic mass is 9.85. The predicted molar refractivity (Wildman–Crippen MR) is 113 cm³/mol. The first-order valence-corrected chi connectivity index (χ1v) is 9.44. The van der Waals surface area contributed by atoms with Gasteiger partial charge < -0.3 is 15.7 Å². The Bertz CT molecular complexity index is 892. The zero-order chi connectivity index (χ0) is 21.8. The molecule has 2 amide bonds. The molecule has 3 N–H and O–H groups in total. The summed E-state index contributed by atoms with van der Waals surface area (Å²) in [5, 5.41) is 15.0. The van der Waals surface area contributed by atoms with E-state index >= 15 is 0 Å². The monoisotopic (exact) mass is 396 g/mol. The second-order valence-electron chi connectivity index (χ2n) is 8.59. The minimum Gasteiger partial charge on any atom is -0.481 e. The van der Waals surface area contributed by atoms with Crippen molar-refractivity contribution in [1.29, 1.82) is 0 Å². The van der Waals surface area contributed by atoms with E-state index in [1.54, 1.807) is 62.4 Å². The Hall–Kier alpha value is -3.15. The maximum absolute atomic E-state index is 12.4. The largest absolute Gasteiger partial charge is 0.481 e. The standard InChI is InChI=1S/C23H28N2O4/c1-22(2,3)20(27)24-14-15-6-8-16(9-7-15)19(26)25-18-12-10-17(11-13-18)23(4,5)21(28)29/h6-13H,14H2,1-5H3,(H,24,27)(H,25,26)(H,28,29). The lowest BCUT2D eigenvalue weighted by Gasteiger charge is -2.20. The van der Waals surface area contributed by atoms with Gasteiger partial charge in [0, 0.05) is 23.2 Å². The Kier molecular flexibility index (Phi) is 6.47. The van der Waals surface area contributed by atoms with Crippen LogP contribution in [-0.4, -0.2) is 22.9 Å². The highest BCUT2D eigenvalue weighted by Crippen LogP contribution is 2.25. The molecule has 6 nitrogen and oxygen atoms in total. The molecule has 0 spiro atoms. The molecule has 0 unspecified atom stereocenters. The summed E-state index contributed by atoms with van der Waals surface area (Å²) in [7, 11) is 0. The molecule has 0 aliphatic heterocycles. The zero-order valence-corrected chi connectivity index (χ0v) is 17.5. The van der Waals surface area contributed by atoms with Crippen molar-refractivity contribution in [2.75, 3.05) is 5.32 Å². The summed E-state index contributed by atoms with van der Waals surface area (Å²) in [6.07, 6.45) is 0. The second kappa shape index (κ2) is 8.47. The maximum atomic E-state index is 12.4. The molecule has 0 radical (unpaired) electrons. The summed E-state index contributed by atoms with van der Waals surface area (Å²) in [6, 6.07) is 13.8. The van der Waals surface area contributed by atoms with Crippen LogP contribution in [0.25, 0.3) is 0 Å². The van der Waals surface area contributed by atoms with Gasteiger partial charge in [0.25, 0.3) is 5.91 Å². The molecule has 0 fully saturated rings. The molecule has 2 aromatic rings. The first kappa shape index (κ1) is 22.1. The number of carboxylic acid groups (broad SMARTS) is 1. The van der Waals surface area contributed by atoms with E-state index < -0.39 is 16.8 Å². The molecule has 0 heterocycles. The molecule has 29 heavy (non-hydrogen) atoms. The summed E-state index contributed by atoms with van der Waals surface area (Å²) in [6.45, 7) is 9.22. The van der Waals surface area contributed by atoms with Gasteiger partial charge in [0.2, 0.25) is 5.91 Å². The van der Waals surface area contributed by atoms with Gasteiger partial charge in [-0.25, -0.2) is 0 Å². The van der Waals surface area contributed by atoms with Gasteiger partial charge in [-0.2, -0.15) is 0 Å². The first-order chi connectivity index (χ1) is 13.4. The van der Waals surface area contributed by atoms with Crippen molar-refractivity contribution in [3.05, 3.63) is 65.2 Å². The minimum absolute atomic E-state index is 0.0335. The van der Waals surface area contributed by atoms with E-state index in [9.17, 15) is 19.5 Å². The Morgan fingerprint density at radius 1 is 0.862 bits per heavy atom. The van der Waals surface area contributed by atoms with Gasteiger partial charge in [0.05, 0.1) is 5.41 Å². The number of carboxylic acids is 1. The average molecular weight is 396 g/mol. The van der Waals surface area contributed by atoms with E-state index in [-0.39, 0.29) is 11.8 Å². The van der Waals surface area contributed by atoms with Crippen molar-refractivity contribution >= 4 is 23.5 Å². The molecule has 154 valence electrons. The van der Waals surface area contributed by atoms with Gasteiger partial charge in [0.1, 0.15) is 0 Å². The van der Waals surface area contributed by atoms with Gasteiger partial charge in [-0.1, -0.05) is 45.0 Å². The van der Waals surface area contributed by atoms with Crippen molar-refractivity contribution in [1.82, 2.24) is 5.32 Å².